The number of carboxylic acid groups (broad SMARTS) is 1. The SMILES string of the molecule is CC1(C)CN(C(=O)Nc2cncc(C(=O)O)c2)CCS1. The van der Waals surface area contributed by atoms with Gasteiger partial charge in [0.25, 0.3) is 0 Å². The van der Waals surface area contributed by atoms with Gasteiger partial charge in [0.1, 0.15) is 0 Å². The van der Waals surface area contributed by atoms with Crippen molar-refractivity contribution in [3.63, 3.8) is 0 Å². The highest BCUT2D eigenvalue weighted by Gasteiger charge is 2.29. The minimum atomic E-state index is -1.07. The highest BCUT2D eigenvalue weighted by Crippen LogP contribution is 2.29. The van der Waals surface area contributed by atoms with Crippen molar-refractivity contribution in [2.45, 2.75) is 18.6 Å². The van der Waals surface area contributed by atoms with Crippen LogP contribution in [0.3, 0.4) is 0 Å². The molecule has 0 aliphatic carbocycles. The van der Waals surface area contributed by atoms with Crippen LogP contribution in [0.25, 0.3) is 0 Å². The van der Waals surface area contributed by atoms with E-state index >= 15 is 0 Å². The first-order valence-electron chi connectivity index (χ1n) is 6.26. The van der Waals surface area contributed by atoms with Crippen LogP contribution in [-0.2, 0) is 0 Å². The van der Waals surface area contributed by atoms with Crippen molar-refractivity contribution in [3.05, 3.63) is 24.0 Å². The van der Waals surface area contributed by atoms with Crippen molar-refractivity contribution < 1.29 is 14.7 Å². The lowest BCUT2D eigenvalue weighted by atomic mass is 10.2. The summed E-state index contributed by atoms with van der Waals surface area (Å²) in [4.78, 5) is 28.6. The Balaban J connectivity index is 2.04. The van der Waals surface area contributed by atoms with Crippen LogP contribution in [0.1, 0.15) is 24.2 Å². The smallest absolute Gasteiger partial charge is 0.337 e. The number of nitrogens with zero attached hydrogens (tertiary/aromatic N) is 2. The summed E-state index contributed by atoms with van der Waals surface area (Å²) in [5, 5.41) is 11.6. The Morgan fingerprint density at radius 3 is 2.85 bits per heavy atom. The summed E-state index contributed by atoms with van der Waals surface area (Å²) < 4.78 is 0.0384. The molecule has 1 aromatic heterocycles. The largest absolute Gasteiger partial charge is 0.478 e. The second-order valence-corrected chi connectivity index (χ2v) is 7.03. The topological polar surface area (TPSA) is 82.5 Å². The highest BCUT2D eigenvalue weighted by atomic mass is 32.2. The molecule has 0 radical (unpaired) electrons. The second kappa shape index (κ2) is 5.70. The number of thioether (sulfide) groups is 1. The number of carboxylic acids is 1. The molecular formula is C13H17N3O3S. The summed E-state index contributed by atoms with van der Waals surface area (Å²) in [7, 11) is 0. The molecule has 1 aromatic rings. The summed E-state index contributed by atoms with van der Waals surface area (Å²) >= 11 is 1.84. The fraction of sp³-hybridized carbons (Fsp3) is 0.462. The number of amides is 2. The summed E-state index contributed by atoms with van der Waals surface area (Å²) in [5.74, 6) is -0.169. The zero-order chi connectivity index (χ0) is 14.8. The molecule has 108 valence electrons. The number of carbonyl (C=O) groups is 2. The van der Waals surface area contributed by atoms with Crippen LogP contribution < -0.4 is 5.32 Å². The maximum Gasteiger partial charge on any atom is 0.337 e. The van der Waals surface area contributed by atoms with Gasteiger partial charge in [0, 0.05) is 29.8 Å². The number of pyridine rings is 1. The lowest BCUT2D eigenvalue weighted by molar-refractivity contribution is 0.0696. The van der Waals surface area contributed by atoms with Crippen molar-refractivity contribution in [1.82, 2.24) is 9.88 Å². The molecule has 7 heteroatoms. The average molecular weight is 295 g/mol. The zero-order valence-corrected chi connectivity index (χ0v) is 12.2. The maximum atomic E-state index is 12.2. The molecule has 0 saturated carbocycles. The third kappa shape index (κ3) is 3.63. The van der Waals surface area contributed by atoms with Crippen LogP contribution >= 0.6 is 11.8 Å². The minimum absolute atomic E-state index is 0.0384. The summed E-state index contributed by atoms with van der Waals surface area (Å²) in [6.45, 7) is 5.55. The number of rotatable bonds is 2. The molecule has 2 amide bonds. The molecule has 1 aliphatic heterocycles. The van der Waals surface area contributed by atoms with Gasteiger partial charge < -0.3 is 15.3 Å². The van der Waals surface area contributed by atoms with Gasteiger partial charge in [-0.25, -0.2) is 9.59 Å². The molecule has 0 unspecified atom stereocenters. The fourth-order valence-corrected chi connectivity index (χ4v) is 3.13. The molecule has 0 aromatic carbocycles. The normalized spacial score (nSPS) is 17.6. The Morgan fingerprint density at radius 1 is 1.45 bits per heavy atom. The highest BCUT2D eigenvalue weighted by molar-refractivity contribution is 8.00. The molecule has 0 bridgehead atoms. The molecule has 2 heterocycles. The first kappa shape index (κ1) is 14.6. The monoisotopic (exact) mass is 295 g/mol. The van der Waals surface area contributed by atoms with Gasteiger partial charge in [-0.15, -0.1) is 0 Å². The average Bonchev–Trinajstić information content (AvgIpc) is 2.37. The van der Waals surface area contributed by atoms with Gasteiger partial charge in [0.15, 0.2) is 0 Å². The Kier molecular flexibility index (Phi) is 4.17. The van der Waals surface area contributed by atoms with E-state index < -0.39 is 5.97 Å². The molecule has 1 saturated heterocycles. The van der Waals surface area contributed by atoms with E-state index in [1.165, 1.54) is 18.5 Å². The molecule has 20 heavy (non-hydrogen) atoms. The van der Waals surface area contributed by atoms with E-state index in [1.807, 2.05) is 11.8 Å². The molecular weight excluding hydrogens is 278 g/mol. The predicted octanol–water partition coefficient (Wildman–Crippen LogP) is 2.14. The molecule has 1 aliphatic rings. The van der Waals surface area contributed by atoms with Gasteiger partial charge in [0.05, 0.1) is 17.4 Å². The van der Waals surface area contributed by atoms with E-state index in [4.69, 9.17) is 5.11 Å². The van der Waals surface area contributed by atoms with E-state index in [0.717, 1.165) is 5.75 Å². The number of nitrogens with one attached hydrogen (secondary N) is 1. The summed E-state index contributed by atoms with van der Waals surface area (Å²) in [6, 6.07) is 1.18. The van der Waals surface area contributed by atoms with Crippen LogP contribution in [0.2, 0.25) is 0 Å². The maximum absolute atomic E-state index is 12.2. The van der Waals surface area contributed by atoms with Crippen molar-refractivity contribution >= 4 is 29.4 Å². The van der Waals surface area contributed by atoms with Crippen LogP contribution in [0.15, 0.2) is 18.5 Å². The number of urea groups is 1. The summed E-state index contributed by atoms with van der Waals surface area (Å²) in [6.07, 6.45) is 2.69. The van der Waals surface area contributed by atoms with E-state index in [0.29, 0.717) is 18.8 Å². The van der Waals surface area contributed by atoms with Gasteiger partial charge >= 0.3 is 12.0 Å². The lowest BCUT2D eigenvalue weighted by Gasteiger charge is -2.37. The molecule has 0 atom stereocenters. The molecule has 1 fully saturated rings. The minimum Gasteiger partial charge on any atom is -0.478 e. The number of hydrogen-bond donors (Lipinski definition) is 2. The second-order valence-electron chi connectivity index (χ2n) is 5.23. The van der Waals surface area contributed by atoms with E-state index in [9.17, 15) is 9.59 Å². The van der Waals surface area contributed by atoms with Crippen LogP contribution in [-0.4, -0.2) is 50.6 Å². The third-order valence-electron chi connectivity index (χ3n) is 2.95. The Labute approximate surface area is 121 Å². The standard InChI is InChI=1S/C13H17N3O3S/c1-13(2)8-16(3-4-20-13)12(19)15-10-5-9(11(17)18)6-14-7-10/h5-7H,3-4,8H2,1-2H3,(H,15,19)(H,17,18). The predicted molar refractivity (Wildman–Crippen MR) is 78.3 cm³/mol. The van der Waals surface area contributed by atoms with Crippen LogP contribution in [0.4, 0.5) is 10.5 Å². The van der Waals surface area contributed by atoms with Crippen molar-refractivity contribution in [2.24, 2.45) is 0 Å². The molecule has 2 rings (SSSR count). The van der Waals surface area contributed by atoms with Crippen molar-refractivity contribution in [2.75, 3.05) is 24.2 Å². The third-order valence-corrected chi connectivity index (χ3v) is 4.25. The fourth-order valence-electron chi connectivity index (χ4n) is 2.02. The zero-order valence-electron chi connectivity index (χ0n) is 11.4. The first-order chi connectivity index (χ1) is 9.37. The van der Waals surface area contributed by atoms with Gasteiger partial charge in [-0.3, -0.25) is 4.98 Å². The van der Waals surface area contributed by atoms with Gasteiger partial charge in [0.2, 0.25) is 0 Å². The Hall–Kier alpha value is -1.76. The number of aromatic nitrogens is 1. The number of anilines is 1. The number of carbonyl (C=O) groups excluding carboxylic acids is 1. The van der Waals surface area contributed by atoms with Crippen molar-refractivity contribution in [3.8, 4) is 0 Å². The molecule has 2 N–H and O–H groups in total. The summed E-state index contributed by atoms with van der Waals surface area (Å²) in [5.41, 5.74) is 0.447. The first-order valence-corrected chi connectivity index (χ1v) is 7.24. The molecule has 0 spiro atoms. The Morgan fingerprint density at radius 2 is 2.20 bits per heavy atom. The lowest BCUT2D eigenvalue weighted by Crippen LogP contribution is -2.47. The number of hydrogen-bond acceptors (Lipinski definition) is 4. The van der Waals surface area contributed by atoms with E-state index in [1.54, 1.807) is 4.90 Å². The van der Waals surface area contributed by atoms with Gasteiger partial charge in [-0.1, -0.05) is 0 Å². The van der Waals surface area contributed by atoms with Gasteiger partial charge in [-0.05, 0) is 19.9 Å². The van der Waals surface area contributed by atoms with Gasteiger partial charge in [-0.2, -0.15) is 11.8 Å². The van der Waals surface area contributed by atoms with E-state index in [-0.39, 0.29) is 16.3 Å². The van der Waals surface area contributed by atoms with Crippen molar-refractivity contribution in [1.29, 1.82) is 0 Å². The van der Waals surface area contributed by atoms with Crippen LogP contribution in [0, 0.1) is 0 Å². The Bertz CT molecular complexity index is 533. The number of aromatic carboxylic acids is 1. The van der Waals surface area contributed by atoms with E-state index in [2.05, 4.69) is 24.1 Å². The molecule has 6 nitrogen and oxygen atoms in total. The quantitative estimate of drug-likeness (QED) is 0.873. The van der Waals surface area contributed by atoms with Crippen LogP contribution in [0.5, 0.6) is 0 Å².